The standard InChI is InChI=1S/C16H23N3O3S/c1-18-12-3-2-4-13(20)16(12)23-15(18)5-6-17-14(21)11-19-7-9-22-10-8-19/h2-4,15,20H,5-11H2,1H3,(H,17,21). The van der Waals surface area contributed by atoms with Gasteiger partial charge in [0.05, 0.1) is 35.7 Å². The minimum absolute atomic E-state index is 0.0675. The third kappa shape index (κ3) is 3.91. The number of rotatable bonds is 5. The summed E-state index contributed by atoms with van der Waals surface area (Å²) in [5.41, 5.74) is 1.06. The quantitative estimate of drug-likeness (QED) is 0.839. The smallest absolute Gasteiger partial charge is 0.234 e. The number of anilines is 1. The first-order valence-corrected chi connectivity index (χ1v) is 8.81. The maximum atomic E-state index is 12.0. The van der Waals surface area contributed by atoms with Crippen molar-refractivity contribution in [3.63, 3.8) is 0 Å². The number of benzene rings is 1. The fraction of sp³-hybridized carbons (Fsp3) is 0.562. The van der Waals surface area contributed by atoms with Crippen molar-refractivity contribution in [2.75, 3.05) is 51.3 Å². The molecule has 0 radical (unpaired) electrons. The van der Waals surface area contributed by atoms with Gasteiger partial charge in [0.15, 0.2) is 0 Å². The molecule has 2 heterocycles. The highest BCUT2D eigenvalue weighted by atomic mass is 32.2. The lowest BCUT2D eigenvalue weighted by Gasteiger charge is -2.26. The molecule has 0 aromatic heterocycles. The fourth-order valence-corrected chi connectivity index (χ4v) is 4.19. The summed E-state index contributed by atoms with van der Waals surface area (Å²) in [5.74, 6) is 0.399. The Labute approximate surface area is 140 Å². The molecule has 3 rings (SSSR count). The maximum absolute atomic E-state index is 12.0. The number of thioether (sulfide) groups is 1. The van der Waals surface area contributed by atoms with Crippen molar-refractivity contribution >= 4 is 23.4 Å². The highest BCUT2D eigenvalue weighted by Gasteiger charge is 2.29. The van der Waals surface area contributed by atoms with Crippen LogP contribution in [-0.4, -0.2) is 67.7 Å². The number of morpholine rings is 1. The number of fused-ring (bicyclic) bond motifs is 1. The number of carbonyl (C=O) groups excluding carboxylic acids is 1. The monoisotopic (exact) mass is 337 g/mol. The summed E-state index contributed by atoms with van der Waals surface area (Å²) in [4.78, 5) is 17.2. The van der Waals surface area contributed by atoms with Crippen LogP contribution in [0.4, 0.5) is 5.69 Å². The van der Waals surface area contributed by atoms with Crippen LogP contribution in [0.5, 0.6) is 5.75 Å². The summed E-state index contributed by atoms with van der Waals surface area (Å²) in [6.45, 7) is 4.14. The van der Waals surface area contributed by atoms with E-state index in [1.807, 2.05) is 19.2 Å². The van der Waals surface area contributed by atoms with Crippen LogP contribution in [0, 0.1) is 0 Å². The normalized spacial score (nSPS) is 21.3. The molecule has 126 valence electrons. The van der Waals surface area contributed by atoms with Gasteiger partial charge in [0, 0.05) is 26.7 Å². The van der Waals surface area contributed by atoms with Crippen molar-refractivity contribution in [1.82, 2.24) is 10.2 Å². The Morgan fingerprint density at radius 1 is 1.43 bits per heavy atom. The summed E-state index contributed by atoms with van der Waals surface area (Å²) in [7, 11) is 2.03. The Hall–Kier alpha value is -1.44. The molecular weight excluding hydrogens is 314 g/mol. The van der Waals surface area contributed by atoms with E-state index in [1.165, 1.54) is 0 Å². The number of hydrogen-bond donors (Lipinski definition) is 2. The summed E-state index contributed by atoms with van der Waals surface area (Å²) in [6.07, 6.45) is 0.837. The van der Waals surface area contributed by atoms with Crippen LogP contribution >= 0.6 is 11.8 Å². The number of ether oxygens (including phenoxy) is 1. The number of nitrogens with zero attached hydrogens (tertiary/aromatic N) is 2. The topological polar surface area (TPSA) is 65.0 Å². The van der Waals surface area contributed by atoms with Gasteiger partial charge in [-0.2, -0.15) is 0 Å². The second-order valence-electron chi connectivity index (χ2n) is 5.84. The lowest BCUT2D eigenvalue weighted by atomic mass is 10.2. The first-order valence-electron chi connectivity index (χ1n) is 7.93. The third-order valence-corrected chi connectivity index (χ3v) is 5.70. The van der Waals surface area contributed by atoms with Crippen LogP contribution in [0.2, 0.25) is 0 Å². The van der Waals surface area contributed by atoms with Gasteiger partial charge in [0.2, 0.25) is 5.91 Å². The molecule has 2 aliphatic heterocycles. The molecule has 1 amide bonds. The van der Waals surface area contributed by atoms with E-state index in [4.69, 9.17) is 4.74 Å². The molecule has 2 N–H and O–H groups in total. The van der Waals surface area contributed by atoms with E-state index < -0.39 is 0 Å². The van der Waals surface area contributed by atoms with Gasteiger partial charge in [0.1, 0.15) is 5.75 Å². The van der Waals surface area contributed by atoms with Crippen molar-refractivity contribution in [2.45, 2.75) is 16.7 Å². The largest absolute Gasteiger partial charge is 0.507 e. The summed E-state index contributed by atoms with van der Waals surface area (Å²) in [6, 6.07) is 5.59. The number of hydrogen-bond acceptors (Lipinski definition) is 6. The van der Waals surface area contributed by atoms with E-state index in [1.54, 1.807) is 17.8 Å². The molecule has 0 spiro atoms. The van der Waals surface area contributed by atoms with Crippen molar-refractivity contribution in [3.05, 3.63) is 18.2 Å². The Bertz CT molecular complexity index is 564. The molecule has 1 atom stereocenters. The van der Waals surface area contributed by atoms with Crippen LogP contribution < -0.4 is 10.2 Å². The van der Waals surface area contributed by atoms with Crippen molar-refractivity contribution in [3.8, 4) is 5.75 Å². The zero-order valence-corrected chi connectivity index (χ0v) is 14.1. The molecule has 1 unspecified atom stereocenters. The SMILES string of the molecule is CN1c2cccc(O)c2SC1CCNC(=O)CN1CCOCC1. The Morgan fingerprint density at radius 2 is 2.22 bits per heavy atom. The fourth-order valence-electron chi connectivity index (χ4n) is 2.89. The Morgan fingerprint density at radius 3 is 2.96 bits per heavy atom. The first-order chi connectivity index (χ1) is 11.1. The summed E-state index contributed by atoms with van der Waals surface area (Å²) in [5, 5.41) is 13.2. The van der Waals surface area contributed by atoms with Crippen LogP contribution in [0.1, 0.15) is 6.42 Å². The van der Waals surface area contributed by atoms with Gasteiger partial charge in [-0.3, -0.25) is 9.69 Å². The van der Waals surface area contributed by atoms with Gasteiger partial charge in [0.25, 0.3) is 0 Å². The Kier molecular flexibility index (Phi) is 5.30. The minimum Gasteiger partial charge on any atom is -0.507 e. The molecule has 6 nitrogen and oxygen atoms in total. The number of phenols is 1. The summed E-state index contributed by atoms with van der Waals surface area (Å²) < 4.78 is 5.28. The first kappa shape index (κ1) is 16.4. The van der Waals surface area contributed by atoms with Crippen molar-refractivity contribution in [2.24, 2.45) is 0 Å². The van der Waals surface area contributed by atoms with Gasteiger partial charge in [-0.1, -0.05) is 17.8 Å². The average molecular weight is 337 g/mol. The average Bonchev–Trinajstić information content (AvgIpc) is 2.87. The highest BCUT2D eigenvalue weighted by Crippen LogP contribution is 2.47. The van der Waals surface area contributed by atoms with E-state index in [0.717, 1.165) is 30.1 Å². The number of aromatic hydroxyl groups is 1. The Balaban J connectivity index is 1.43. The van der Waals surface area contributed by atoms with Crippen LogP contribution in [0.25, 0.3) is 0 Å². The molecule has 2 aliphatic rings. The van der Waals surface area contributed by atoms with Crippen LogP contribution in [-0.2, 0) is 9.53 Å². The lowest BCUT2D eigenvalue weighted by molar-refractivity contribution is -0.123. The molecule has 1 aromatic rings. The number of nitrogens with one attached hydrogen (secondary N) is 1. The molecule has 7 heteroatoms. The lowest BCUT2D eigenvalue weighted by Crippen LogP contribution is -2.43. The second kappa shape index (κ2) is 7.42. The molecule has 0 aliphatic carbocycles. The van der Waals surface area contributed by atoms with Crippen molar-refractivity contribution in [1.29, 1.82) is 0 Å². The van der Waals surface area contributed by atoms with Crippen LogP contribution in [0.3, 0.4) is 0 Å². The van der Waals surface area contributed by atoms with Gasteiger partial charge in [-0.05, 0) is 18.6 Å². The molecular formula is C16H23N3O3S. The third-order valence-electron chi connectivity index (χ3n) is 4.22. The molecule has 0 saturated carbocycles. The van der Waals surface area contributed by atoms with E-state index in [-0.39, 0.29) is 11.3 Å². The van der Waals surface area contributed by atoms with E-state index in [2.05, 4.69) is 15.1 Å². The molecule has 1 aromatic carbocycles. The van der Waals surface area contributed by atoms with Gasteiger partial charge >= 0.3 is 0 Å². The molecule has 1 saturated heterocycles. The predicted molar refractivity (Wildman–Crippen MR) is 91.0 cm³/mol. The maximum Gasteiger partial charge on any atom is 0.234 e. The molecule has 1 fully saturated rings. The molecule has 23 heavy (non-hydrogen) atoms. The van der Waals surface area contributed by atoms with Crippen LogP contribution in [0.15, 0.2) is 23.1 Å². The van der Waals surface area contributed by atoms with E-state index in [0.29, 0.717) is 32.1 Å². The van der Waals surface area contributed by atoms with Gasteiger partial charge in [-0.15, -0.1) is 0 Å². The minimum atomic E-state index is 0.0675. The molecule has 0 bridgehead atoms. The summed E-state index contributed by atoms with van der Waals surface area (Å²) >= 11 is 1.66. The highest BCUT2D eigenvalue weighted by molar-refractivity contribution is 8.00. The van der Waals surface area contributed by atoms with E-state index >= 15 is 0 Å². The van der Waals surface area contributed by atoms with E-state index in [9.17, 15) is 9.90 Å². The zero-order valence-electron chi connectivity index (χ0n) is 13.3. The number of phenolic OH excluding ortho intramolecular Hbond substituents is 1. The van der Waals surface area contributed by atoms with Crippen molar-refractivity contribution < 1.29 is 14.6 Å². The number of amides is 1. The van der Waals surface area contributed by atoms with Gasteiger partial charge < -0.3 is 20.1 Å². The van der Waals surface area contributed by atoms with Gasteiger partial charge in [-0.25, -0.2) is 0 Å². The second-order valence-corrected chi connectivity index (χ2v) is 7.02. The zero-order chi connectivity index (χ0) is 16.2. The number of carbonyl (C=O) groups is 1. The predicted octanol–water partition coefficient (Wildman–Crippen LogP) is 1.10.